The van der Waals surface area contributed by atoms with Gasteiger partial charge in [0.2, 0.25) is 6.29 Å². The van der Waals surface area contributed by atoms with E-state index in [1.54, 1.807) is 24.3 Å². The largest absolute Gasteiger partial charge is 0.472 e. The van der Waals surface area contributed by atoms with E-state index in [4.69, 9.17) is 18.9 Å². The van der Waals surface area contributed by atoms with Crippen LogP contribution in [0.3, 0.4) is 0 Å². The molecule has 198 valence electrons. The van der Waals surface area contributed by atoms with Crippen molar-refractivity contribution in [2.75, 3.05) is 13.2 Å². The molecule has 0 amide bonds. The maximum absolute atomic E-state index is 12.3. The average molecular weight is 510 g/mol. The first-order valence-corrected chi connectivity index (χ1v) is 11.4. The van der Waals surface area contributed by atoms with Crippen molar-refractivity contribution in [2.24, 2.45) is 11.8 Å². The third-order valence-electron chi connectivity index (χ3n) is 6.80. The molecular weight excluding hydrogens is 480 g/mol. The van der Waals surface area contributed by atoms with E-state index < -0.39 is 85.8 Å². The van der Waals surface area contributed by atoms with Crippen molar-refractivity contribution in [3.05, 3.63) is 54.3 Å². The van der Waals surface area contributed by atoms with Crippen LogP contribution in [0.2, 0.25) is 0 Å². The molecule has 0 radical (unpaired) electrons. The second-order valence-corrected chi connectivity index (χ2v) is 9.05. The highest BCUT2D eigenvalue weighted by molar-refractivity contribution is 5.87. The minimum atomic E-state index is -2.23. The zero-order valence-corrected chi connectivity index (χ0v) is 19.1. The number of aliphatic hydroxyl groups excluding tert-OH is 6. The standard InChI is InChI=1S/C24H30O12/c25-10-14-18(28)19(29)20(30)23(35-14)36-22-16-13(8-9-33-22)17(27)21(31)24(16,32)11-34-15(26)7-6-12-4-2-1-3-5-12/h1-9,13-14,16-23,25,27-32H,10-11H2/b7-6+/t13-,14-,16?,17+,18-,19+,20-,21+,22?,23+,24-/m1/s1. The van der Waals surface area contributed by atoms with E-state index in [0.717, 1.165) is 11.6 Å². The van der Waals surface area contributed by atoms with E-state index in [1.807, 2.05) is 6.07 Å². The Kier molecular flexibility index (Phi) is 8.09. The first-order valence-electron chi connectivity index (χ1n) is 11.4. The molecule has 0 spiro atoms. The van der Waals surface area contributed by atoms with Crippen molar-refractivity contribution in [1.82, 2.24) is 0 Å². The highest BCUT2D eigenvalue weighted by Crippen LogP contribution is 2.47. The SMILES string of the molecule is O=C(/C=C/c1ccccc1)OC[C@@]1(O)C2C(O[C@@H]3O[C@H](CO)[C@@H](O)[C@H](O)[C@H]3O)OC=C[C@H]2[C@H](O)[C@@H]1O. The second-order valence-electron chi connectivity index (χ2n) is 9.05. The molecule has 3 aliphatic rings. The highest BCUT2D eigenvalue weighted by atomic mass is 16.8. The van der Waals surface area contributed by atoms with Crippen LogP contribution in [-0.2, 0) is 23.7 Å². The van der Waals surface area contributed by atoms with E-state index in [1.165, 1.54) is 18.4 Å². The zero-order valence-electron chi connectivity index (χ0n) is 19.1. The van der Waals surface area contributed by atoms with Gasteiger partial charge in [-0.1, -0.05) is 30.3 Å². The second kappa shape index (κ2) is 10.9. The van der Waals surface area contributed by atoms with Crippen LogP contribution in [0.15, 0.2) is 48.7 Å². The molecule has 2 aliphatic heterocycles. The van der Waals surface area contributed by atoms with Crippen molar-refractivity contribution in [3.8, 4) is 0 Å². The van der Waals surface area contributed by atoms with Gasteiger partial charge in [0, 0.05) is 12.0 Å². The molecule has 12 heteroatoms. The van der Waals surface area contributed by atoms with Crippen LogP contribution >= 0.6 is 0 Å². The van der Waals surface area contributed by atoms with E-state index >= 15 is 0 Å². The summed E-state index contributed by atoms with van der Waals surface area (Å²) < 4.78 is 21.6. The van der Waals surface area contributed by atoms with Gasteiger partial charge in [0.05, 0.1) is 24.9 Å². The summed E-state index contributed by atoms with van der Waals surface area (Å²) in [5.74, 6) is -2.91. The summed E-state index contributed by atoms with van der Waals surface area (Å²) in [4.78, 5) is 12.3. The van der Waals surface area contributed by atoms with Gasteiger partial charge in [-0.15, -0.1) is 0 Å². The predicted molar refractivity (Wildman–Crippen MR) is 119 cm³/mol. The molecule has 1 saturated heterocycles. The van der Waals surface area contributed by atoms with Crippen LogP contribution in [0.4, 0.5) is 0 Å². The molecule has 2 unspecified atom stereocenters. The summed E-state index contributed by atoms with van der Waals surface area (Å²) in [7, 11) is 0. The van der Waals surface area contributed by atoms with Crippen LogP contribution in [-0.4, -0.2) is 110 Å². The molecule has 2 heterocycles. The topological polar surface area (TPSA) is 196 Å². The Hall–Kier alpha value is -2.39. The summed E-state index contributed by atoms with van der Waals surface area (Å²) >= 11 is 0. The molecular formula is C24H30O12. The van der Waals surface area contributed by atoms with Crippen molar-refractivity contribution in [2.45, 2.75) is 54.8 Å². The van der Waals surface area contributed by atoms with Crippen LogP contribution < -0.4 is 0 Å². The Labute approximate surface area is 206 Å². The third-order valence-corrected chi connectivity index (χ3v) is 6.80. The van der Waals surface area contributed by atoms with E-state index in [0.29, 0.717) is 0 Å². The maximum atomic E-state index is 12.3. The number of ether oxygens (including phenoxy) is 4. The van der Waals surface area contributed by atoms with Gasteiger partial charge in [-0.25, -0.2) is 4.79 Å². The molecule has 36 heavy (non-hydrogen) atoms. The quantitative estimate of drug-likeness (QED) is 0.152. The minimum absolute atomic E-state index is 0.684. The third kappa shape index (κ3) is 5.05. The molecule has 0 aromatic heterocycles. The van der Waals surface area contributed by atoms with Crippen molar-refractivity contribution in [1.29, 1.82) is 0 Å². The smallest absolute Gasteiger partial charge is 0.330 e. The predicted octanol–water partition coefficient (Wildman–Crippen LogP) is -2.37. The lowest BCUT2D eigenvalue weighted by Gasteiger charge is -2.44. The number of aliphatic hydroxyl groups is 7. The number of hydrogen-bond donors (Lipinski definition) is 7. The Morgan fingerprint density at radius 2 is 1.72 bits per heavy atom. The van der Waals surface area contributed by atoms with Gasteiger partial charge in [0.25, 0.3) is 0 Å². The van der Waals surface area contributed by atoms with Gasteiger partial charge in [-0.2, -0.15) is 0 Å². The molecule has 1 aromatic carbocycles. The number of carbonyl (C=O) groups excluding carboxylic acids is 1. The fourth-order valence-electron chi connectivity index (χ4n) is 4.77. The molecule has 4 rings (SSSR count). The fraction of sp³-hybridized carbons (Fsp3) is 0.542. The van der Waals surface area contributed by atoms with E-state index in [2.05, 4.69) is 0 Å². The molecule has 7 N–H and O–H groups in total. The minimum Gasteiger partial charge on any atom is -0.472 e. The van der Waals surface area contributed by atoms with Gasteiger partial charge in [-0.3, -0.25) is 0 Å². The lowest BCUT2D eigenvalue weighted by molar-refractivity contribution is -0.348. The lowest BCUT2D eigenvalue weighted by atomic mass is 9.83. The van der Waals surface area contributed by atoms with Crippen molar-refractivity contribution >= 4 is 12.0 Å². The summed E-state index contributed by atoms with van der Waals surface area (Å²) in [6.45, 7) is -1.41. The van der Waals surface area contributed by atoms with Gasteiger partial charge in [0.15, 0.2) is 6.29 Å². The number of hydrogen-bond acceptors (Lipinski definition) is 12. The number of fused-ring (bicyclic) bond motifs is 1. The summed E-state index contributed by atoms with van der Waals surface area (Å²) in [6.07, 6.45) is -7.38. The maximum Gasteiger partial charge on any atom is 0.330 e. The molecule has 2 fully saturated rings. The van der Waals surface area contributed by atoms with Gasteiger partial charge in [0.1, 0.15) is 42.7 Å². The van der Waals surface area contributed by atoms with E-state index in [-0.39, 0.29) is 0 Å². The Bertz CT molecular complexity index is 952. The Morgan fingerprint density at radius 1 is 1.00 bits per heavy atom. The Morgan fingerprint density at radius 3 is 2.42 bits per heavy atom. The molecule has 1 saturated carbocycles. The van der Waals surface area contributed by atoms with Crippen LogP contribution in [0.5, 0.6) is 0 Å². The summed E-state index contributed by atoms with van der Waals surface area (Å²) in [6, 6.07) is 8.93. The first kappa shape index (κ1) is 26.7. The number of benzene rings is 1. The summed E-state index contributed by atoms with van der Waals surface area (Å²) in [5, 5.41) is 72.3. The summed E-state index contributed by atoms with van der Waals surface area (Å²) in [5.41, 5.74) is -1.49. The monoisotopic (exact) mass is 510 g/mol. The van der Waals surface area contributed by atoms with Gasteiger partial charge < -0.3 is 54.7 Å². The molecule has 0 bridgehead atoms. The van der Waals surface area contributed by atoms with Gasteiger partial charge >= 0.3 is 5.97 Å². The van der Waals surface area contributed by atoms with Crippen LogP contribution in [0.25, 0.3) is 6.08 Å². The average Bonchev–Trinajstić information content (AvgIpc) is 3.09. The van der Waals surface area contributed by atoms with Crippen molar-refractivity contribution < 1.29 is 59.5 Å². The molecule has 11 atom stereocenters. The molecule has 1 aliphatic carbocycles. The normalized spacial score (nSPS) is 42.2. The fourth-order valence-corrected chi connectivity index (χ4v) is 4.77. The Balaban J connectivity index is 1.49. The molecule has 1 aromatic rings. The molecule has 12 nitrogen and oxygen atoms in total. The first-order chi connectivity index (χ1) is 17.2. The lowest BCUT2D eigenvalue weighted by Crippen LogP contribution is -2.61. The van der Waals surface area contributed by atoms with E-state index in [9.17, 15) is 40.5 Å². The number of carbonyl (C=O) groups is 1. The zero-order chi connectivity index (χ0) is 26.0. The highest BCUT2D eigenvalue weighted by Gasteiger charge is 2.64. The number of esters is 1. The van der Waals surface area contributed by atoms with Crippen LogP contribution in [0.1, 0.15) is 5.56 Å². The van der Waals surface area contributed by atoms with Crippen molar-refractivity contribution in [3.63, 3.8) is 0 Å². The van der Waals surface area contributed by atoms with Crippen LogP contribution in [0, 0.1) is 11.8 Å². The number of rotatable bonds is 7. The van der Waals surface area contributed by atoms with Gasteiger partial charge in [-0.05, 0) is 17.7 Å².